The highest BCUT2D eigenvalue weighted by atomic mass is 16.1. The van der Waals surface area contributed by atoms with Crippen molar-refractivity contribution in [2.45, 2.75) is 38.3 Å². The van der Waals surface area contributed by atoms with Crippen LogP contribution in [0.25, 0.3) is 11.3 Å². The normalized spacial score (nSPS) is 17.6. The van der Waals surface area contributed by atoms with Gasteiger partial charge >= 0.3 is 0 Å². The second kappa shape index (κ2) is 7.26. The molecule has 0 saturated carbocycles. The molecule has 1 aliphatic heterocycles. The summed E-state index contributed by atoms with van der Waals surface area (Å²) in [6.07, 6.45) is 4.55. The van der Waals surface area contributed by atoms with E-state index >= 15 is 0 Å². The lowest BCUT2D eigenvalue weighted by Gasteiger charge is -2.24. The number of rotatable bonds is 4. The first kappa shape index (κ1) is 15.5. The molecule has 4 nitrogen and oxygen atoms in total. The van der Waals surface area contributed by atoms with Crippen LogP contribution in [0.4, 0.5) is 0 Å². The van der Waals surface area contributed by atoms with Crippen LogP contribution in [-0.2, 0) is 6.54 Å². The maximum atomic E-state index is 12.6. The lowest BCUT2D eigenvalue weighted by molar-refractivity contribution is 0.365. The highest BCUT2D eigenvalue weighted by molar-refractivity contribution is 5.60. The number of nitriles is 1. The van der Waals surface area contributed by atoms with Crippen LogP contribution in [0.5, 0.6) is 0 Å². The molecule has 1 saturated heterocycles. The van der Waals surface area contributed by atoms with E-state index in [1.807, 2.05) is 42.5 Å². The van der Waals surface area contributed by atoms with Crippen LogP contribution in [0, 0.1) is 11.3 Å². The summed E-state index contributed by atoms with van der Waals surface area (Å²) in [5.41, 5.74) is 1.90. The average Bonchev–Trinajstić information content (AvgIpc) is 2.62. The summed E-state index contributed by atoms with van der Waals surface area (Å²) in [7, 11) is 0. The maximum Gasteiger partial charge on any atom is 0.268 e. The molecular weight excluding hydrogens is 286 g/mol. The van der Waals surface area contributed by atoms with Gasteiger partial charge in [-0.3, -0.25) is 4.79 Å². The number of piperidine rings is 1. The molecule has 0 aliphatic carbocycles. The summed E-state index contributed by atoms with van der Waals surface area (Å²) in [6.45, 7) is 1.69. The van der Waals surface area contributed by atoms with Crippen molar-refractivity contribution in [3.8, 4) is 17.3 Å². The van der Waals surface area contributed by atoms with Crippen molar-refractivity contribution in [3.05, 3.63) is 58.4 Å². The quantitative estimate of drug-likeness (QED) is 0.945. The van der Waals surface area contributed by atoms with Crippen LogP contribution in [0.2, 0.25) is 0 Å². The van der Waals surface area contributed by atoms with Crippen molar-refractivity contribution in [1.29, 1.82) is 5.26 Å². The SMILES string of the molecule is N#Cc1ccc(-c2ccccc2)n(CCC2CCCCN2)c1=O. The molecule has 118 valence electrons. The highest BCUT2D eigenvalue weighted by Gasteiger charge is 2.15. The Balaban J connectivity index is 1.92. The molecule has 0 spiro atoms. The smallest absolute Gasteiger partial charge is 0.268 e. The predicted molar refractivity (Wildman–Crippen MR) is 91.1 cm³/mol. The van der Waals surface area contributed by atoms with Gasteiger partial charge in [0.15, 0.2) is 0 Å². The topological polar surface area (TPSA) is 57.8 Å². The number of hydrogen-bond donors (Lipinski definition) is 1. The van der Waals surface area contributed by atoms with Gasteiger partial charge in [0.2, 0.25) is 0 Å². The summed E-state index contributed by atoms with van der Waals surface area (Å²) in [5.74, 6) is 0. The van der Waals surface area contributed by atoms with E-state index in [1.54, 1.807) is 10.6 Å². The summed E-state index contributed by atoms with van der Waals surface area (Å²) >= 11 is 0. The number of nitrogens with zero attached hydrogens (tertiary/aromatic N) is 2. The van der Waals surface area contributed by atoms with Crippen LogP contribution >= 0.6 is 0 Å². The zero-order chi connectivity index (χ0) is 16.1. The van der Waals surface area contributed by atoms with Gasteiger partial charge in [0.1, 0.15) is 11.6 Å². The molecule has 1 N–H and O–H groups in total. The summed E-state index contributed by atoms with van der Waals surface area (Å²) in [6, 6.07) is 15.8. The van der Waals surface area contributed by atoms with E-state index in [9.17, 15) is 4.79 Å². The number of benzene rings is 1. The van der Waals surface area contributed by atoms with Crippen molar-refractivity contribution >= 4 is 0 Å². The molecule has 2 aromatic rings. The van der Waals surface area contributed by atoms with Gasteiger partial charge in [0.05, 0.1) is 5.69 Å². The second-order valence-corrected chi connectivity index (χ2v) is 6.00. The fourth-order valence-corrected chi connectivity index (χ4v) is 3.20. The van der Waals surface area contributed by atoms with Crippen LogP contribution in [0.15, 0.2) is 47.3 Å². The molecule has 1 aliphatic rings. The maximum absolute atomic E-state index is 12.6. The van der Waals surface area contributed by atoms with Crippen molar-refractivity contribution in [1.82, 2.24) is 9.88 Å². The van der Waals surface area contributed by atoms with E-state index < -0.39 is 0 Å². The number of aromatic nitrogens is 1. The molecule has 2 heterocycles. The molecule has 1 fully saturated rings. The highest BCUT2D eigenvalue weighted by Crippen LogP contribution is 2.19. The largest absolute Gasteiger partial charge is 0.314 e. The first-order chi connectivity index (χ1) is 11.3. The lowest BCUT2D eigenvalue weighted by Crippen LogP contribution is -2.36. The fraction of sp³-hybridized carbons (Fsp3) is 0.368. The van der Waals surface area contributed by atoms with Gasteiger partial charge in [-0.15, -0.1) is 0 Å². The third-order valence-corrected chi connectivity index (χ3v) is 4.48. The Morgan fingerprint density at radius 2 is 2.00 bits per heavy atom. The van der Waals surface area contributed by atoms with E-state index in [-0.39, 0.29) is 11.1 Å². The molecule has 0 radical (unpaired) electrons. The van der Waals surface area contributed by atoms with Gasteiger partial charge in [-0.1, -0.05) is 36.8 Å². The molecular formula is C19H21N3O. The third kappa shape index (κ3) is 3.52. The Kier molecular flexibility index (Phi) is 4.89. The number of pyridine rings is 1. The molecule has 0 bridgehead atoms. The van der Waals surface area contributed by atoms with E-state index in [0.29, 0.717) is 12.6 Å². The summed E-state index contributed by atoms with van der Waals surface area (Å²) < 4.78 is 1.75. The third-order valence-electron chi connectivity index (χ3n) is 4.48. The Morgan fingerprint density at radius 1 is 1.17 bits per heavy atom. The average molecular weight is 307 g/mol. The Labute approximate surface area is 136 Å². The molecule has 23 heavy (non-hydrogen) atoms. The van der Waals surface area contributed by atoms with Crippen molar-refractivity contribution < 1.29 is 0 Å². The van der Waals surface area contributed by atoms with Crippen LogP contribution in [0.3, 0.4) is 0 Å². The van der Waals surface area contributed by atoms with Gasteiger partial charge in [-0.05, 0) is 43.5 Å². The van der Waals surface area contributed by atoms with Gasteiger partial charge in [-0.25, -0.2) is 0 Å². The second-order valence-electron chi connectivity index (χ2n) is 6.00. The van der Waals surface area contributed by atoms with Gasteiger partial charge < -0.3 is 9.88 Å². The fourth-order valence-electron chi connectivity index (χ4n) is 3.20. The molecule has 1 unspecified atom stereocenters. The molecule has 1 atom stereocenters. The first-order valence-electron chi connectivity index (χ1n) is 8.22. The van der Waals surface area contributed by atoms with Crippen molar-refractivity contribution in [2.75, 3.05) is 6.54 Å². The minimum Gasteiger partial charge on any atom is -0.314 e. The van der Waals surface area contributed by atoms with Gasteiger partial charge in [-0.2, -0.15) is 5.26 Å². The van der Waals surface area contributed by atoms with E-state index in [4.69, 9.17) is 5.26 Å². The number of nitrogens with one attached hydrogen (secondary N) is 1. The molecule has 1 aromatic heterocycles. The summed E-state index contributed by atoms with van der Waals surface area (Å²) in [4.78, 5) is 12.6. The minimum atomic E-state index is -0.190. The Bertz CT molecular complexity index is 752. The molecule has 0 amide bonds. The zero-order valence-electron chi connectivity index (χ0n) is 13.2. The Hall–Kier alpha value is -2.38. The standard InChI is InChI=1S/C19H21N3O/c20-14-16-9-10-18(15-6-2-1-3-7-15)22(19(16)23)13-11-17-8-4-5-12-21-17/h1-3,6-7,9-10,17,21H,4-5,8,11-13H2. The molecule has 4 heteroatoms. The first-order valence-corrected chi connectivity index (χ1v) is 8.22. The van der Waals surface area contributed by atoms with E-state index in [2.05, 4.69) is 5.32 Å². The van der Waals surface area contributed by atoms with E-state index in [0.717, 1.165) is 30.6 Å². The predicted octanol–water partition coefficient (Wildman–Crippen LogP) is 2.92. The lowest BCUT2D eigenvalue weighted by atomic mass is 10.0. The zero-order valence-corrected chi connectivity index (χ0v) is 13.2. The van der Waals surface area contributed by atoms with E-state index in [1.165, 1.54) is 12.8 Å². The van der Waals surface area contributed by atoms with Crippen molar-refractivity contribution in [2.24, 2.45) is 0 Å². The summed E-state index contributed by atoms with van der Waals surface area (Å²) in [5, 5.41) is 12.7. The monoisotopic (exact) mass is 307 g/mol. The van der Waals surface area contributed by atoms with Crippen LogP contribution < -0.4 is 10.9 Å². The van der Waals surface area contributed by atoms with Crippen LogP contribution in [0.1, 0.15) is 31.2 Å². The van der Waals surface area contributed by atoms with Crippen molar-refractivity contribution in [3.63, 3.8) is 0 Å². The minimum absolute atomic E-state index is 0.190. The molecule has 1 aromatic carbocycles. The van der Waals surface area contributed by atoms with Gasteiger partial charge in [0, 0.05) is 12.6 Å². The number of hydrogen-bond acceptors (Lipinski definition) is 3. The molecule has 3 rings (SSSR count). The van der Waals surface area contributed by atoms with Crippen LogP contribution in [-0.4, -0.2) is 17.2 Å². The van der Waals surface area contributed by atoms with Gasteiger partial charge in [0.25, 0.3) is 5.56 Å². The Morgan fingerprint density at radius 3 is 2.70 bits per heavy atom.